The Bertz CT molecular complexity index is 412. The Morgan fingerprint density at radius 1 is 1.37 bits per heavy atom. The number of amides is 2. The molecule has 0 saturated heterocycles. The number of hydrogen-bond acceptors (Lipinski definition) is 3. The first-order valence-corrected chi connectivity index (χ1v) is 6.55. The van der Waals surface area contributed by atoms with Gasteiger partial charge < -0.3 is 10.4 Å². The summed E-state index contributed by atoms with van der Waals surface area (Å²) in [7, 11) is 0. The summed E-state index contributed by atoms with van der Waals surface area (Å²) in [5, 5.41) is 14.7. The van der Waals surface area contributed by atoms with Gasteiger partial charge in [0.05, 0.1) is 6.10 Å². The van der Waals surface area contributed by atoms with Crippen LogP contribution >= 0.6 is 0 Å². The number of aliphatic hydroxyl groups is 1. The number of anilines is 1. The summed E-state index contributed by atoms with van der Waals surface area (Å²) in [5.41, 5.74) is 1.93. The van der Waals surface area contributed by atoms with Gasteiger partial charge in [-0.3, -0.25) is 5.32 Å². The monoisotopic (exact) mass is 265 g/mol. The van der Waals surface area contributed by atoms with E-state index < -0.39 is 0 Å². The van der Waals surface area contributed by atoms with Crippen molar-refractivity contribution in [1.29, 1.82) is 0 Å². The van der Waals surface area contributed by atoms with Gasteiger partial charge in [0, 0.05) is 12.2 Å². The standard InChI is InChI=1S/C14H23N3O2/c1-9-5-11(3)16-13(7-9)17-14(19)15-8-10(2)6-12(4)18/h5,7,10,12,18H,6,8H2,1-4H3,(H2,15,16,17,19)/t10-,12+/m0/s1. The van der Waals surface area contributed by atoms with E-state index in [2.05, 4.69) is 15.6 Å². The fourth-order valence-corrected chi connectivity index (χ4v) is 2.00. The zero-order valence-electron chi connectivity index (χ0n) is 12.0. The van der Waals surface area contributed by atoms with Crippen LogP contribution in [0.15, 0.2) is 12.1 Å². The first kappa shape index (κ1) is 15.4. The number of aliphatic hydroxyl groups excluding tert-OH is 1. The van der Waals surface area contributed by atoms with Gasteiger partial charge >= 0.3 is 6.03 Å². The lowest BCUT2D eigenvalue weighted by atomic mass is 10.1. The summed E-state index contributed by atoms with van der Waals surface area (Å²) in [6, 6.07) is 3.51. The van der Waals surface area contributed by atoms with Gasteiger partial charge in [0.25, 0.3) is 0 Å². The van der Waals surface area contributed by atoms with Crippen LogP contribution in [0.25, 0.3) is 0 Å². The number of urea groups is 1. The average Bonchev–Trinajstić information content (AvgIpc) is 2.23. The van der Waals surface area contributed by atoms with E-state index in [0.717, 1.165) is 11.3 Å². The molecule has 2 amide bonds. The number of nitrogens with one attached hydrogen (secondary N) is 2. The number of aromatic nitrogens is 1. The van der Waals surface area contributed by atoms with Gasteiger partial charge in [0.2, 0.25) is 0 Å². The third kappa shape index (κ3) is 6.20. The maximum absolute atomic E-state index is 11.7. The number of carbonyl (C=O) groups is 1. The maximum Gasteiger partial charge on any atom is 0.320 e. The normalized spacial score (nSPS) is 13.7. The summed E-state index contributed by atoms with van der Waals surface area (Å²) in [6.45, 7) is 8.11. The van der Waals surface area contributed by atoms with Gasteiger partial charge in [-0.1, -0.05) is 6.92 Å². The number of carbonyl (C=O) groups excluding carboxylic acids is 1. The highest BCUT2D eigenvalue weighted by molar-refractivity contribution is 5.88. The molecule has 1 aromatic rings. The van der Waals surface area contributed by atoms with Crippen molar-refractivity contribution in [3.63, 3.8) is 0 Å². The van der Waals surface area contributed by atoms with E-state index in [-0.39, 0.29) is 18.1 Å². The van der Waals surface area contributed by atoms with Crippen LogP contribution in [0.5, 0.6) is 0 Å². The zero-order chi connectivity index (χ0) is 14.4. The summed E-state index contributed by atoms with van der Waals surface area (Å²) in [4.78, 5) is 15.9. The van der Waals surface area contributed by atoms with Crippen LogP contribution in [-0.4, -0.2) is 28.8 Å². The van der Waals surface area contributed by atoms with Crippen molar-refractivity contribution in [2.45, 2.75) is 40.2 Å². The van der Waals surface area contributed by atoms with E-state index >= 15 is 0 Å². The Balaban J connectivity index is 2.42. The van der Waals surface area contributed by atoms with Crippen molar-refractivity contribution < 1.29 is 9.90 Å². The Kier molecular flexibility index (Phi) is 5.76. The highest BCUT2D eigenvalue weighted by Gasteiger charge is 2.09. The molecule has 0 aliphatic rings. The molecule has 5 heteroatoms. The van der Waals surface area contributed by atoms with Crippen LogP contribution < -0.4 is 10.6 Å². The molecule has 0 unspecified atom stereocenters. The molecule has 0 radical (unpaired) electrons. The van der Waals surface area contributed by atoms with Crippen LogP contribution in [-0.2, 0) is 0 Å². The van der Waals surface area contributed by atoms with Crippen LogP contribution in [0.1, 0.15) is 31.5 Å². The molecule has 0 saturated carbocycles. The van der Waals surface area contributed by atoms with Gasteiger partial charge in [-0.25, -0.2) is 9.78 Å². The average molecular weight is 265 g/mol. The van der Waals surface area contributed by atoms with Crippen LogP contribution in [0.3, 0.4) is 0 Å². The third-order valence-electron chi connectivity index (χ3n) is 2.69. The van der Waals surface area contributed by atoms with Gasteiger partial charge in [0.1, 0.15) is 5.82 Å². The highest BCUT2D eigenvalue weighted by Crippen LogP contribution is 2.09. The molecule has 5 nitrogen and oxygen atoms in total. The van der Waals surface area contributed by atoms with Crippen molar-refractivity contribution in [3.05, 3.63) is 23.4 Å². The molecule has 19 heavy (non-hydrogen) atoms. The molecule has 106 valence electrons. The zero-order valence-corrected chi connectivity index (χ0v) is 12.0. The SMILES string of the molecule is Cc1cc(C)nc(NC(=O)NC[C@@H](C)C[C@@H](C)O)c1. The first-order valence-electron chi connectivity index (χ1n) is 6.55. The molecule has 0 spiro atoms. The Morgan fingerprint density at radius 2 is 2.05 bits per heavy atom. The lowest BCUT2D eigenvalue weighted by Gasteiger charge is -2.14. The number of rotatable bonds is 5. The van der Waals surface area contributed by atoms with Crippen LogP contribution in [0.2, 0.25) is 0 Å². The van der Waals surface area contributed by atoms with Gasteiger partial charge in [-0.15, -0.1) is 0 Å². The van der Waals surface area contributed by atoms with E-state index in [0.29, 0.717) is 18.8 Å². The molecule has 3 N–H and O–H groups in total. The topological polar surface area (TPSA) is 74.2 Å². The van der Waals surface area contributed by atoms with Crippen molar-refractivity contribution in [3.8, 4) is 0 Å². The number of aryl methyl sites for hydroxylation is 2. The quantitative estimate of drug-likeness (QED) is 0.764. The lowest BCUT2D eigenvalue weighted by Crippen LogP contribution is -2.33. The second-order valence-corrected chi connectivity index (χ2v) is 5.20. The predicted octanol–water partition coefficient (Wildman–Crippen LogP) is 2.23. The van der Waals surface area contributed by atoms with E-state index in [1.165, 1.54) is 0 Å². The van der Waals surface area contributed by atoms with Crippen molar-refractivity contribution in [1.82, 2.24) is 10.3 Å². The molecule has 0 fully saturated rings. The molecule has 0 bridgehead atoms. The second kappa shape index (κ2) is 7.09. The molecule has 0 aliphatic carbocycles. The summed E-state index contributed by atoms with van der Waals surface area (Å²) in [5.74, 6) is 0.788. The van der Waals surface area contributed by atoms with E-state index in [1.807, 2.05) is 32.9 Å². The molecular formula is C14H23N3O2. The fourth-order valence-electron chi connectivity index (χ4n) is 2.00. The smallest absolute Gasteiger partial charge is 0.320 e. The second-order valence-electron chi connectivity index (χ2n) is 5.20. The van der Waals surface area contributed by atoms with Crippen molar-refractivity contribution in [2.75, 3.05) is 11.9 Å². The number of nitrogens with zero attached hydrogens (tertiary/aromatic N) is 1. The Morgan fingerprint density at radius 3 is 2.63 bits per heavy atom. The molecule has 1 heterocycles. The van der Waals surface area contributed by atoms with Gasteiger partial charge in [-0.2, -0.15) is 0 Å². The summed E-state index contributed by atoms with van der Waals surface area (Å²) in [6.07, 6.45) is 0.322. The summed E-state index contributed by atoms with van der Waals surface area (Å²) < 4.78 is 0. The number of hydrogen-bond donors (Lipinski definition) is 3. The minimum absolute atomic E-state index is 0.234. The fraction of sp³-hybridized carbons (Fsp3) is 0.571. The van der Waals surface area contributed by atoms with E-state index in [4.69, 9.17) is 0 Å². The van der Waals surface area contributed by atoms with E-state index in [9.17, 15) is 9.90 Å². The maximum atomic E-state index is 11.7. The third-order valence-corrected chi connectivity index (χ3v) is 2.69. The predicted molar refractivity (Wildman–Crippen MR) is 76.2 cm³/mol. The molecule has 1 rings (SSSR count). The van der Waals surface area contributed by atoms with Gasteiger partial charge in [-0.05, 0) is 50.8 Å². The van der Waals surface area contributed by atoms with Crippen molar-refractivity contribution >= 4 is 11.8 Å². The molecular weight excluding hydrogens is 242 g/mol. The Labute approximate surface area is 114 Å². The van der Waals surface area contributed by atoms with E-state index in [1.54, 1.807) is 6.92 Å². The summed E-state index contributed by atoms with van der Waals surface area (Å²) >= 11 is 0. The Hall–Kier alpha value is -1.62. The largest absolute Gasteiger partial charge is 0.393 e. The minimum atomic E-state index is -0.346. The van der Waals surface area contributed by atoms with Gasteiger partial charge in [0.15, 0.2) is 0 Å². The van der Waals surface area contributed by atoms with Crippen LogP contribution in [0, 0.1) is 19.8 Å². The molecule has 1 aromatic heterocycles. The molecule has 0 aromatic carbocycles. The first-order chi connectivity index (χ1) is 8.86. The van der Waals surface area contributed by atoms with Crippen molar-refractivity contribution in [2.24, 2.45) is 5.92 Å². The number of pyridine rings is 1. The lowest BCUT2D eigenvalue weighted by molar-refractivity contribution is 0.163. The molecule has 0 aliphatic heterocycles. The van der Waals surface area contributed by atoms with Crippen LogP contribution in [0.4, 0.5) is 10.6 Å². The highest BCUT2D eigenvalue weighted by atomic mass is 16.3. The minimum Gasteiger partial charge on any atom is -0.393 e. The molecule has 2 atom stereocenters.